The summed E-state index contributed by atoms with van der Waals surface area (Å²) in [5.74, 6) is 1.18. The van der Waals surface area contributed by atoms with Crippen molar-refractivity contribution in [2.45, 2.75) is 13.0 Å². The number of halogens is 2. The van der Waals surface area contributed by atoms with Gasteiger partial charge in [-0.15, -0.1) is 0 Å². The van der Waals surface area contributed by atoms with Gasteiger partial charge in [-0.2, -0.15) is 0 Å². The van der Waals surface area contributed by atoms with Gasteiger partial charge in [0.2, 0.25) is 0 Å². The van der Waals surface area contributed by atoms with Crippen LogP contribution in [0, 0.1) is 0 Å². The molecule has 2 rings (SSSR count). The van der Waals surface area contributed by atoms with Crippen molar-refractivity contribution in [1.29, 1.82) is 0 Å². The van der Waals surface area contributed by atoms with Gasteiger partial charge in [0.15, 0.2) is 6.10 Å². The first kappa shape index (κ1) is 18.4. The molecule has 0 saturated carbocycles. The number of benzene rings is 2. The second kappa shape index (κ2) is 8.26. The number of methoxy groups -OCH3 is 2. The minimum absolute atomic E-state index is 0.322. The SMILES string of the molecule is COc1cc(OC)c(NC(=O)C(C)Oc2ccc(Br)cc2)cc1Cl. The third-order valence-corrected chi connectivity index (χ3v) is 4.05. The van der Waals surface area contributed by atoms with E-state index in [0.29, 0.717) is 28.0 Å². The summed E-state index contributed by atoms with van der Waals surface area (Å²) in [7, 11) is 3.01. The highest BCUT2D eigenvalue weighted by Crippen LogP contribution is 2.36. The van der Waals surface area contributed by atoms with Crippen molar-refractivity contribution in [1.82, 2.24) is 0 Å². The van der Waals surface area contributed by atoms with Crippen LogP contribution in [0.5, 0.6) is 17.2 Å². The van der Waals surface area contributed by atoms with Crippen LogP contribution in [0.4, 0.5) is 5.69 Å². The fraction of sp³-hybridized carbons (Fsp3) is 0.235. The highest BCUT2D eigenvalue weighted by molar-refractivity contribution is 9.10. The van der Waals surface area contributed by atoms with Crippen molar-refractivity contribution < 1.29 is 19.0 Å². The zero-order valence-corrected chi connectivity index (χ0v) is 15.8. The lowest BCUT2D eigenvalue weighted by atomic mass is 10.2. The van der Waals surface area contributed by atoms with Crippen LogP contribution >= 0.6 is 27.5 Å². The van der Waals surface area contributed by atoms with Crippen molar-refractivity contribution >= 4 is 39.1 Å². The Morgan fingerprint density at radius 3 is 2.33 bits per heavy atom. The Hall–Kier alpha value is -1.92. The van der Waals surface area contributed by atoms with Crippen LogP contribution in [0.25, 0.3) is 0 Å². The highest BCUT2D eigenvalue weighted by atomic mass is 79.9. The Bertz CT molecular complexity index is 721. The lowest BCUT2D eigenvalue weighted by Gasteiger charge is -2.17. The fourth-order valence-electron chi connectivity index (χ4n) is 1.96. The van der Waals surface area contributed by atoms with Crippen LogP contribution in [-0.4, -0.2) is 26.2 Å². The standard InChI is InChI=1S/C17H17BrClNO4/c1-10(24-12-6-4-11(18)5-7-12)17(21)20-14-8-13(19)15(22-2)9-16(14)23-3/h4-10H,1-3H3,(H,20,21). The first-order chi connectivity index (χ1) is 11.4. The number of carbonyl (C=O) groups is 1. The predicted molar refractivity (Wildman–Crippen MR) is 97.4 cm³/mol. The van der Waals surface area contributed by atoms with E-state index in [0.717, 1.165) is 4.47 Å². The third-order valence-electron chi connectivity index (χ3n) is 3.23. The molecule has 1 atom stereocenters. The van der Waals surface area contributed by atoms with E-state index in [-0.39, 0.29) is 5.91 Å². The average molecular weight is 415 g/mol. The zero-order valence-electron chi connectivity index (χ0n) is 13.4. The van der Waals surface area contributed by atoms with Crippen molar-refractivity contribution in [2.24, 2.45) is 0 Å². The summed E-state index contributed by atoms with van der Waals surface area (Å²) in [6, 6.07) is 10.4. The van der Waals surface area contributed by atoms with Gasteiger partial charge < -0.3 is 19.5 Å². The minimum atomic E-state index is -0.697. The lowest BCUT2D eigenvalue weighted by Crippen LogP contribution is -2.30. The summed E-state index contributed by atoms with van der Waals surface area (Å²) in [4.78, 5) is 12.3. The van der Waals surface area contributed by atoms with Gasteiger partial charge in [-0.05, 0) is 37.3 Å². The van der Waals surface area contributed by atoms with E-state index in [1.807, 2.05) is 12.1 Å². The quantitative estimate of drug-likeness (QED) is 0.755. The molecule has 128 valence electrons. The molecule has 0 spiro atoms. The maximum Gasteiger partial charge on any atom is 0.265 e. The molecule has 5 nitrogen and oxygen atoms in total. The van der Waals surface area contributed by atoms with Gasteiger partial charge in [-0.1, -0.05) is 27.5 Å². The predicted octanol–water partition coefficient (Wildman–Crippen LogP) is 4.53. The minimum Gasteiger partial charge on any atom is -0.495 e. The highest BCUT2D eigenvalue weighted by Gasteiger charge is 2.18. The van der Waals surface area contributed by atoms with Crippen molar-refractivity contribution in [3.8, 4) is 17.2 Å². The molecule has 0 aliphatic heterocycles. The number of carbonyl (C=O) groups excluding carboxylic acids is 1. The van der Waals surface area contributed by atoms with Crippen molar-refractivity contribution in [3.63, 3.8) is 0 Å². The normalized spacial score (nSPS) is 11.5. The summed E-state index contributed by atoms with van der Waals surface area (Å²) in [5.41, 5.74) is 0.444. The topological polar surface area (TPSA) is 56.8 Å². The number of hydrogen-bond donors (Lipinski definition) is 1. The molecule has 0 aromatic heterocycles. The molecule has 2 aromatic rings. The number of nitrogens with one attached hydrogen (secondary N) is 1. The van der Waals surface area contributed by atoms with Crippen molar-refractivity contribution in [2.75, 3.05) is 19.5 Å². The first-order valence-corrected chi connectivity index (χ1v) is 8.26. The Balaban J connectivity index is 2.10. The molecule has 1 amide bonds. The maximum atomic E-state index is 12.3. The summed E-state index contributed by atoms with van der Waals surface area (Å²) < 4.78 is 16.9. The zero-order chi connectivity index (χ0) is 17.7. The van der Waals surface area contributed by atoms with Gasteiger partial charge in [0, 0.05) is 10.5 Å². The van der Waals surface area contributed by atoms with Crippen LogP contribution in [0.2, 0.25) is 5.02 Å². The van der Waals surface area contributed by atoms with Crippen LogP contribution in [-0.2, 0) is 4.79 Å². The van der Waals surface area contributed by atoms with E-state index in [1.165, 1.54) is 14.2 Å². The van der Waals surface area contributed by atoms with Gasteiger partial charge in [0.05, 0.1) is 24.9 Å². The summed E-state index contributed by atoms with van der Waals surface area (Å²) in [5, 5.41) is 3.12. The van der Waals surface area contributed by atoms with E-state index in [2.05, 4.69) is 21.2 Å². The number of rotatable bonds is 6. The maximum absolute atomic E-state index is 12.3. The monoisotopic (exact) mass is 413 g/mol. The Kier molecular flexibility index (Phi) is 6.34. The van der Waals surface area contributed by atoms with E-state index < -0.39 is 6.10 Å². The summed E-state index contributed by atoms with van der Waals surface area (Å²) >= 11 is 9.45. The molecule has 1 unspecified atom stereocenters. The molecule has 0 radical (unpaired) electrons. The molecule has 0 fully saturated rings. The van der Waals surface area contributed by atoms with Gasteiger partial charge >= 0.3 is 0 Å². The second-order valence-electron chi connectivity index (χ2n) is 4.89. The molecule has 0 bridgehead atoms. The molecular weight excluding hydrogens is 398 g/mol. The van der Waals surface area contributed by atoms with Crippen LogP contribution < -0.4 is 19.5 Å². The van der Waals surface area contributed by atoms with Crippen LogP contribution in [0.1, 0.15) is 6.92 Å². The Morgan fingerprint density at radius 2 is 1.75 bits per heavy atom. The van der Waals surface area contributed by atoms with Gasteiger partial charge in [-0.3, -0.25) is 4.79 Å². The van der Waals surface area contributed by atoms with Crippen LogP contribution in [0.3, 0.4) is 0 Å². The molecule has 2 aromatic carbocycles. The van der Waals surface area contributed by atoms with Gasteiger partial charge in [0.1, 0.15) is 17.2 Å². The van der Waals surface area contributed by atoms with Gasteiger partial charge in [-0.25, -0.2) is 0 Å². The lowest BCUT2D eigenvalue weighted by molar-refractivity contribution is -0.122. The fourth-order valence-corrected chi connectivity index (χ4v) is 2.47. The number of anilines is 1. The molecule has 7 heteroatoms. The second-order valence-corrected chi connectivity index (χ2v) is 6.21. The largest absolute Gasteiger partial charge is 0.495 e. The molecule has 1 N–H and O–H groups in total. The summed E-state index contributed by atoms with van der Waals surface area (Å²) in [6.45, 7) is 1.66. The third kappa shape index (κ3) is 4.55. The molecule has 0 heterocycles. The van der Waals surface area contributed by atoms with E-state index >= 15 is 0 Å². The Morgan fingerprint density at radius 1 is 1.12 bits per heavy atom. The van der Waals surface area contributed by atoms with Crippen LogP contribution in [0.15, 0.2) is 40.9 Å². The van der Waals surface area contributed by atoms with Crippen molar-refractivity contribution in [3.05, 3.63) is 45.9 Å². The molecule has 0 aliphatic carbocycles. The number of ether oxygens (including phenoxy) is 3. The number of amides is 1. The van der Waals surface area contributed by atoms with E-state index in [9.17, 15) is 4.79 Å². The molecule has 0 aliphatic rings. The summed E-state index contributed by atoms with van der Waals surface area (Å²) in [6.07, 6.45) is -0.697. The molecule has 0 saturated heterocycles. The smallest absolute Gasteiger partial charge is 0.265 e. The molecule has 24 heavy (non-hydrogen) atoms. The average Bonchev–Trinajstić information content (AvgIpc) is 2.57. The molecular formula is C17H17BrClNO4. The van der Waals surface area contributed by atoms with E-state index in [4.69, 9.17) is 25.8 Å². The Labute approximate surface area is 154 Å². The van der Waals surface area contributed by atoms with Gasteiger partial charge in [0.25, 0.3) is 5.91 Å². The first-order valence-electron chi connectivity index (χ1n) is 7.09. The van der Waals surface area contributed by atoms with E-state index in [1.54, 1.807) is 31.2 Å². The number of hydrogen-bond acceptors (Lipinski definition) is 4.